The van der Waals surface area contributed by atoms with E-state index in [0.717, 1.165) is 44.5 Å². The average molecular weight is 399 g/mol. The molecule has 0 atom stereocenters. The van der Waals surface area contributed by atoms with Gasteiger partial charge in [0.15, 0.2) is 12.8 Å². The van der Waals surface area contributed by atoms with Gasteiger partial charge in [0.25, 0.3) is 0 Å². The van der Waals surface area contributed by atoms with E-state index >= 15 is 0 Å². The molecular weight excluding hydrogens is 370 g/mol. The summed E-state index contributed by atoms with van der Waals surface area (Å²) in [4.78, 5) is 16.5. The first-order valence-electron chi connectivity index (χ1n) is 10.8. The van der Waals surface area contributed by atoms with Gasteiger partial charge in [-0.1, -0.05) is 36.4 Å². The van der Waals surface area contributed by atoms with Gasteiger partial charge in [0.2, 0.25) is 11.6 Å². The second-order valence-electron chi connectivity index (χ2n) is 8.38. The lowest BCUT2D eigenvalue weighted by atomic mass is 10.1. The second kappa shape index (κ2) is 7.60. The van der Waals surface area contributed by atoms with E-state index in [1.165, 1.54) is 33.6 Å². The predicted molar refractivity (Wildman–Crippen MR) is 121 cm³/mol. The number of hydrogen-bond donors (Lipinski definition) is 0. The van der Waals surface area contributed by atoms with Crippen molar-refractivity contribution in [1.82, 2.24) is 4.90 Å². The van der Waals surface area contributed by atoms with Gasteiger partial charge in [-0.05, 0) is 36.5 Å². The molecule has 0 unspecified atom stereocenters. The van der Waals surface area contributed by atoms with E-state index in [9.17, 15) is 4.79 Å². The van der Waals surface area contributed by atoms with E-state index in [0.29, 0.717) is 0 Å². The van der Waals surface area contributed by atoms with Crippen LogP contribution in [0.3, 0.4) is 0 Å². The fourth-order valence-electron chi connectivity index (χ4n) is 4.92. The highest BCUT2D eigenvalue weighted by atomic mass is 16.2. The summed E-state index contributed by atoms with van der Waals surface area (Å²) in [5.41, 5.74) is 8.97. The monoisotopic (exact) mass is 398 g/mol. The van der Waals surface area contributed by atoms with Crippen LogP contribution in [0.4, 0.5) is 11.4 Å². The maximum Gasteiger partial charge on any atom is 0.223 e. The summed E-state index contributed by atoms with van der Waals surface area (Å²) in [7, 11) is 1.90. The molecule has 0 radical (unpaired) electrons. The summed E-state index contributed by atoms with van der Waals surface area (Å²) in [6, 6.07) is 17.2. The van der Waals surface area contributed by atoms with Crippen LogP contribution in [0.5, 0.6) is 0 Å². The Kier molecular flexibility index (Phi) is 4.78. The van der Waals surface area contributed by atoms with Crippen LogP contribution in [-0.4, -0.2) is 41.7 Å². The summed E-state index contributed by atoms with van der Waals surface area (Å²) < 4.78 is 2.35. The minimum Gasteiger partial charge on any atom is -0.347 e. The van der Waals surface area contributed by atoms with Crippen LogP contribution < -0.4 is 4.90 Å². The Morgan fingerprint density at radius 2 is 1.77 bits per heavy atom. The van der Waals surface area contributed by atoms with Crippen molar-refractivity contribution in [1.29, 1.82) is 0 Å². The molecule has 3 aliphatic rings. The number of anilines is 1. The Labute approximate surface area is 178 Å². The number of para-hydroxylation sites is 2. The molecule has 4 nitrogen and oxygen atoms in total. The molecule has 5 rings (SSSR count). The van der Waals surface area contributed by atoms with Crippen molar-refractivity contribution in [2.45, 2.75) is 32.6 Å². The molecule has 2 heterocycles. The number of hydrogen-bond acceptors (Lipinski definition) is 2. The molecule has 0 saturated heterocycles. The van der Waals surface area contributed by atoms with E-state index in [1.54, 1.807) is 6.92 Å². The van der Waals surface area contributed by atoms with E-state index in [2.05, 4.69) is 70.4 Å². The van der Waals surface area contributed by atoms with Crippen molar-refractivity contribution in [3.63, 3.8) is 0 Å². The fourth-order valence-corrected chi connectivity index (χ4v) is 4.92. The van der Waals surface area contributed by atoms with Crippen LogP contribution in [0.15, 0.2) is 71.6 Å². The van der Waals surface area contributed by atoms with Gasteiger partial charge in [-0.3, -0.25) is 4.79 Å². The van der Waals surface area contributed by atoms with Gasteiger partial charge < -0.3 is 9.80 Å². The lowest BCUT2D eigenvalue weighted by Gasteiger charge is -2.22. The first kappa shape index (κ1) is 18.9. The van der Waals surface area contributed by atoms with E-state index in [4.69, 9.17) is 0 Å². The lowest BCUT2D eigenvalue weighted by molar-refractivity contribution is -0.423. The number of carbonyl (C=O) groups excluding carboxylic acids is 1. The number of benzene rings is 2. The number of fused-ring (bicyclic) bond motifs is 2. The molecule has 2 aliphatic heterocycles. The van der Waals surface area contributed by atoms with Gasteiger partial charge in [-0.25, -0.2) is 0 Å². The largest absolute Gasteiger partial charge is 0.347 e. The molecule has 4 heteroatoms. The third kappa shape index (κ3) is 3.26. The Bertz CT molecular complexity index is 1110. The van der Waals surface area contributed by atoms with Crippen molar-refractivity contribution >= 4 is 23.5 Å². The van der Waals surface area contributed by atoms with Crippen LogP contribution in [0.2, 0.25) is 0 Å². The molecule has 1 aliphatic carbocycles. The molecule has 1 amide bonds. The Balaban J connectivity index is 1.55. The van der Waals surface area contributed by atoms with Gasteiger partial charge >= 0.3 is 0 Å². The number of likely N-dealkylation sites (N-methyl/N-ethyl adjacent to an activating group) is 1. The van der Waals surface area contributed by atoms with Crippen molar-refractivity contribution in [3.8, 4) is 0 Å². The molecule has 0 bridgehead atoms. The van der Waals surface area contributed by atoms with E-state index in [-0.39, 0.29) is 5.91 Å². The van der Waals surface area contributed by atoms with Crippen LogP contribution in [0.1, 0.15) is 30.9 Å². The topological polar surface area (TPSA) is 26.6 Å². The third-order valence-electron chi connectivity index (χ3n) is 6.55. The summed E-state index contributed by atoms with van der Waals surface area (Å²) in [5.74, 6) is 0.0762. The van der Waals surface area contributed by atoms with Gasteiger partial charge in [0.1, 0.15) is 0 Å². The quantitative estimate of drug-likeness (QED) is 0.715. The first-order valence-corrected chi connectivity index (χ1v) is 10.8. The Morgan fingerprint density at radius 1 is 1.00 bits per heavy atom. The maximum absolute atomic E-state index is 12.3. The first-order chi connectivity index (χ1) is 14.6. The molecule has 30 heavy (non-hydrogen) atoms. The second-order valence-corrected chi connectivity index (χ2v) is 8.38. The Morgan fingerprint density at radius 3 is 2.60 bits per heavy atom. The number of rotatable bonds is 3. The number of amides is 1. The number of allylic oxidation sites excluding steroid dienone is 2. The molecule has 2 aromatic carbocycles. The summed E-state index contributed by atoms with van der Waals surface area (Å²) in [5, 5.41) is 0. The van der Waals surface area contributed by atoms with Crippen molar-refractivity contribution in [2.24, 2.45) is 0 Å². The van der Waals surface area contributed by atoms with Gasteiger partial charge in [-0.2, -0.15) is 4.58 Å². The molecule has 0 saturated carbocycles. The minimum absolute atomic E-state index is 0.0762. The number of nitrogens with zero attached hydrogens (tertiary/aromatic N) is 3. The predicted octanol–water partition coefficient (Wildman–Crippen LogP) is 4.43. The fraction of sp³-hybridized carbons (Fsp3) is 0.308. The normalized spacial score (nSPS) is 20.3. The highest BCUT2D eigenvalue weighted by Crippen LogP contribution is 2.36. The molecular formula is C26H28N3O+. The molecule has 0 fully saturated rings. The summed E-state index contributed by atoms with van der Waals surface area (Å²) >= 11 is 0. The summed E-state index contributed by atoms with van der Waals surface area (Å²) in [6.45, 7) is 3.65. The smallest absolute Gasteiger partial charge is 0.223 e. The molecule has 0 aromatic heterocycles. The summed E-state index contributed by atoms with van der Waals surface area (Å²) in [6.07, 6.45) is 8.63. The van der Waals surface area contributed by atoms with Crippen molar-refractivity contribution in [3.05, 3.63) is 82.7 Å². The Hall–Kier alpha value is -3.14. The van der Waals surface area contributed by atoms with E-state index < -0.39 is 0 Å². The standard InChI is InChI=1S/C26H28N3O/c1-19(30)27(2)26-22(17-28-15-13-20-7-3-5-9-24(20)28)11-12-23(26)18-29-16-14-21-8-4-6-10-25(21)29/h3-10,17-18H,11-16H2,1-2H3/q+1. The number of carbonyl (C=O) groups is 1. The molecule has 0 spiro atoms. The minimum atomic E-state index is 0.0762. The highest BCUT2D eigenvalue weighted by molar-refractivity contribution is 5.84. The lowest BCUT2D eigenvalue weighted by Crippen LogP contribution is -2.25. The molecule has 0 N–H and O–H groups in total. The van der Waals surface area contributed by atoms with Crippen LogP contribution in [0.25, 0.3) is 0 Å². The average Bonchev–Trinajstić information content (AvgIpc) is 3.46. The van der Waals surface area contributed by atoms with Crippen LogP contribution in [0, 0.1) is 0 Å². The van der Waals surface area contributed by atoms with E-state index in [1.807, 2.05) is 11.9 Å². The highest BCUT2D eigenvalue weighted by Gasteiger charge is 2.30. The van der Waals surface area contributed by atoms with Crippen LogP contribution in [-0.2, 0) is 17.6 Å². The zero-order valence-corrected chi connectivity index (χ0v) is 17.8. The third-order valence-corrected chi connectivity index (χ3v) is 6.55. The van der Waals surface area contributed by atoms with Crippen molar-refractivity contribution < 1.29 is 9.37 Å². The maximum atomic E-state index is 12.3. The zero-order valence-electron chi connectivity index (χ0n) is 17.8. The van der Waals surface area contributed by atoms with Gasteiger partial charge in [-0.15, -0.1) is 0 Å². The van der Waals surface area contributed by atoms with Gasteiger partial charge in [0.05, 0.1) is 5.70 Å². The molecule has 2 aromatic rings. The van der Waals surface area contributed by atoms with Gasteiger partial charge in [0, 0.05) is 56.0 Å². The van der Waals surface area contributed by atoms with Crippen molar-refractivity contribution in [2.75, 3.05) is 25.0 Å². The zero-order chi connectivity index (χ0) is 20.7. The molecule has 152 valence electrons. The van der Waals surface area contributed by atoms with Crippen LogP contribution >= 0.6 is 0 Å². The SMILES string of the molecule is CC(=O)N(C)C1=C(C=[N+]2CCc3ccccc32)CCC1=CN1CCc2ccccc21.